The van der Waals surface area contributed by atoms with E-state index < -0.39 is 0 Å². The summed E-state index contributed by atoms with van der Waals surface area (Å²) in [5, 5.41) is 5.71. The first-order valence-electron chi connectivity index (χ1n) is 8.12. The Hall–Kier alpha value is -3.13. The van der Waals surface area contributed by atoms with Gasteiger partial charge in [-0.15, -0.1) is 0 Å². The van der Waals surface area contributed by atoms with Crippen LogP contribution in [0.15, 0.2) is 47.3 Å². The summed E-state index contributed by atoms with van der Waals surface area (Å²) in [7, 11) is 0. The van der Waals surface area contributed by atoms with Gasteiger partial charge in [-0.2, -0.15) is 0 Å². The smallest absolute Gasteiger partial charge is 0.323 e. The molecule has 134 valence electrons. The first-order chi connectivity index (χ1) is 12.5. The molecule has 7 nitrogen and oxygen atoms in total. The maximum absolute atomic E-state index is 12.3. The number of anilines is 1. The van der Waals surface area contributed by atoms with E-state index in [2.05, 4.69) is 20.6 Å². The number of aromatic nitrogens is 2. The number of amides is 1. The van der Waals surface area contributed by atoms with Crippen LogP contribution in [0.1, 0.15) is 23.7 Å². The molecule has 0 bridgehead atoms. The van der Waals surface area contributed by atoms with Crippen molar-refractivity contribution in [2.75, 3.05) is 11.9 Å². The molecule has 0 atom stereocenters. The van der Waals surface area contributed by atoms with E-state index in [0.717, 1.165) is 12.2 Å². The maximum atomic E-state index is 12.3. The van der Waals surface area contributed by atoms with Crippen LogP contribution in [0.3, 0.4) is 0 Å². The van der Waals surface area contributed by atoms with Crippen molar-refractivity contribution < 1.29 is 9.53 Å². The van der Waals surface area contributed by atoms with Crippen molar-refractivity contribution in [3.63, 3.8) is 0 Å². The van der Waals surface area contributed by atoms with Crippen LogP contribution >= 0.6 is 12.2 Å². The number of nitrogens with one attached hydrogen (secondary N) is 4. The van der Waals surface area contributed by atoms with E-state index in [1.54, 1.807) is 42.5 Å². The fourth-order valence-electron chi connectivity index (χ4n) is 2.37. The molecule has 1 aromatic heterocycles. The minimum atomic E-state index is -0.319. The van der Waals surface area contributed by atoms with Crippen molar-refractivity contribution in [1.82, 2.24) is 15.3 Å². The Balaban J connectivity index is 1.61. The van der Waals surface area contributed by atoms with Gasteiger partial charge in [-0.3, -0.25) is 10.1 Å². The van der Waals surface area contributed by atoms with Crippen LogP contribution in [0.5, 0.6) is 5.75 Å². The van der Waals surface area contributed by atoms with Crippen LogP contribution in [0, 0.1) is 0 Å². The number of hydrogen-bond donors (Lipinski definition) is 4. The molecule has 2 aromatic carbocycles. The number of rotatable bonds is 5. The molecule has 0 spiro atoms. The Morgan fingerprint density at radius 1 is 1.12 bits per heavy atom. The average molecular weight is 370 g/mol. The van der Waals surface area contributed by atoms with Gasteiger partial charge < -0.3 is 20.0 Å². The second-order valence-corrected chi connectivity index (χ2v) is 6.03. The highest BCUT2D eigenvalue weighted by Crippen LogP contribution is 2.15. The van der Waals surface area contributed by atoms with Gasteiger partial charge >= 0.3 is 5.69 Å². The van der Waals surface area contributed by atoms with E-state index in [1.807, 2.05) is 6.92 Å². The molecule has 0 aliphatic carbocycles. The molecular formula is C18H18N4O3S. The van der Waals surface area contributed by atoms with Crippen molar-refractivity contribution in [2.45, 2.75) is 13.3 Å². The number of carbonyl (C=O) groups is 1. The molecule has 1 amide bonds. The molecule has 3 rings (SSSR count). The van der Waals surface area contributed by atoms with Gasteiger partial charge in [0.15, 0.2) is 5.11 Å². The Morgan fingerprint density at radius 2 is 1.85 bits per heavy atom. The molecule has 4 N–H and O–H groups in total. The summed E-state index contributed by atoms with van der Waals surface area (Å²) in [5.74, 6) is 0.401. The number of thiocarbonyl (C=S) groups is 1. The van der Waals surface area contributed by atoms with E-state index in [-0.39, 0.29) is 16.7 Å². The predicted octanol–water partition coefficient (Wildman–Crippen LogP) is 2.77. The van der Waals surface area contributed by atoms with Crippen molar-refractivity contribution in [3.05, 3.63) is 58.5 Å². The van der Waals surface area contributed by atoms with Crippen LogP contribution in [0.4, 0.5) is 5.69 Å². The molecule has 0 unspecified atom stereocenters. The minimum Gasteiger partial charge on any atom is -0.494 e. The molecule has 0 radical (unpaired) electrons. The third-order valence-corrected chi connectivity index (χ3v) is 3.79. The zero-order chi connectivity index (χ0) is 18.5. The van der Waals surface area contributed by atoms with Crippen LogP contribution in [-0.4, -0.2) is 27.6 Å². The number of aromatic amines is 2. The number of carbonyl (C=O) groups excluding carboxylic acids is 1. The third kappa shape index (κ3) is 4.28. The Kier molecular flexibility index (Phi) is 5.33. The van der Waals surface area contributed by atoms with Gasteiger partial charge in [0.1, 0.15) is 5.75 Å². The lowest BCUT2D eigenvalue weighted by molar-refractivity contribution is 0.0977. The van der Waals surface area contributed by atoms with Crippen molar-refractivity contribution in [2.24, 2.45) is 0 Å². The van der Waals surface area contributed by atoms with Crippen molar-refractivity contribution in [1.29, 1.82) is 0 Å². The molecule has 1 heterocycles. The SMILES string of the molecule is CCCOc1ccc(C(=O)NC(=S)Nc2ccc3[nH]c(=O)[nH]c3c2)cc1. The van der Waals surface area contributed by atoms with E-state index in [0.29, 0.717) is 28.9 Å². The number of hydrogen-bond acceptors (Lipinski definition) is 4. The van der Waals surface area contributed by atoms with E-state index in [4.69, 9.17) is 17.0 Å². The molecular weight excluding hydrogens is 352 g/mol. The zero-order valence-electron chi connectivity index (χ0n) is 14.1. The fraction of sp³-hybridized carbons (Fsp3) is 0.167. The van der Waals surface area contributed by atoms with Crippen LogP contribution < -0.4 is 21.1 Å². The number of ether oxygens (including phenoxy) is 1. The largest absolute Gasteiger partial charge is 0.494 e. The lowest BCUT2D eigenvalue weighted by Crippen LogP contribution is -2.34. The Labute approximate surface area is 154 Å². The molecule has 0 aliphatic heterocycles. The Morgan fingerprint density at radius 3 is 2.58 bits per heavy atom. The van der Waals surface area contributed by atoms with Crippen LogP contribution in [-0.2, 0) is 0 Å². The van der Waals surface area contributed by atoms with Crippen LogP contribution in [0.25, 0.3) is 11.0 Å². The zero-order valence-corrected chi connectivity index (χ0v) is 14.9. The average Bonchev–Trinajstić information content (AvgIpc) is 2.99. The summed E-state index contributed by atoms with van der Waals surface area (Å²) in [6.07, 6.45) is 0.921. The highest BCUT2D eigenvalue weighted by Gasteiger charge is 2.09. The molecule has 8 heteroatoms. The van der Waals surface area contributed by atoms with Gasteiger partial charge in [-0.05, 0) is 61.1 Å². The van der Waals surface area contributed by atoms with Gasteiger partial charge in [0.05, 0.1) is 17.6 Å². The lowest BCUT2D eigenvalue weighted by atomic mass is 10.2. The highest BCUT2D eigenvalue weighted by atomic mass is 32.1. The maximum Gasteiger partial charge on any atom is 0.323 e. The molecule has 0 aliphatic rings. The summed E-state index contributed by atoms with van der Waals surface area (Å²) in [6.45, 7) is 2.66. The first kappa shape index (κ1) is 17.7. The van der Waals surface area contributed by atoms with Crippen LogP contribution in [0.2, 0.25) is 0 Å². The summed E-state index contributed by atoms with van der Waals surface area (Å²) < 4.78 is 5.49. The van der Waals surface area contributed by atoms with E-state index >= 15 is 0 Å². The van der Waals surface area contributed by atoms with E-state index in [1.165, 1.54) is 0 Å². The monoisotopic (exact) mass is 370 g/mol. The second kappa shape index (κ2) is 7.83. The molecule has 3 aromatic rings. The normalized spacial score (nSPS) is 10.5. The number of fused-ring (bicyclic) bond motifs is 1. The molecule has 0 saturated carbocycles. The molecule has 26 heavy (non-hydrogen) atoms. The number of benzene rings is 2. The van der Waals surface area contributed by atoms with E-state index in [9.17, 15) is 9.59 Å². The highest BCUT2D eigenvalue weighted by molar-refractivity contribution is 7.80. The first-order valence-corrected chi connectivity index (χ1v) is 8.53. The van der Waals surface area contributed by atoms with Gasteiger partial charge in [0, 0.05) is 11.3 Å². The topological polar surface area (TPSA) is 99.0 Å². The lowest BCUT2D eigenvalue weighted by Gasteiger charge is -2.10. The van der Waals surface area contributed by atoms with Crippen molar-refractivity contribution >= 4 is 40.0 Å². The van der Waals surface area contributed by atoms with Crippen molar-refractivity contribution in [3.8, 4) is 5.75 Å². The van der Waals surface area contributed by atoms with Gasteiger partial charge in [-0.25, -0.2) is 4.79 Å². The standard InChI is InChI=1S/C18H18N4O3S/c1-2-9-25-13-6-3-11(4-7-13)16(23)22-18(26)19-12-5-8-14-15(10-12)21-17(24)20-14/h3-8,10H,2,9H2,1H3,(H2,20,21,24)(H2,19,22,23,26). The summed E-state index contributed by atoms with van der Waals surface area (Å²) >= 11 is 5.18. The predicted molar refractivity (Wildman–Crippen MR) is 105 cm³/mol. The quantitative estimate of drug-likeness (QED) is 0.518. The minimum absolute atomic E-state index is 0.165. The number of imidazole rings is 1. The molecule has 0 saturated heterocycles. The second-order valence-electron chi connectivity index (χ2n) is 5.62. The van der Waals surface area contributed by atoms with Gasteiger partial charge in [0.25, 0.3) is 5.91 Å². The number of H-pyrrole nitrogens is 2. The summed E-state index contributed by atoms with van der Waals surface area (Å²) in [5.41, 5.74) is 2.20. The van der Waals surface area contributed by atoms with Gasteiger partial charge in [0.2, 0.25) is 0 Å². The third-order valence-electron chi connectivity index (χ3n) is 3.59. The summed E-state index contributed by atoms with van der Waals surface area (Å²) in [4.78, 5) is 28.9. The fourth-order valence-corrected chi connectivity index (χ4v) is 2.58. The molecule has 0 fully saturated rings. The Bertz CT molecular complexity index is 992. The van der Waals surface area contributed by atoms with Gasteiger partial charge in [-0.1, -0.05) is 6.92 Å². The summed E-state index contributed by atoms with van der Waals surface area (Å²) in [6, 6.07) is 12.1.